The molecule has 24 heavy (non-hydrogen) atoms. The Morgan fingerprint density at radius 2 is 1.88 bits per heavy atom. The van der Waals surface area contributed by atoms with E-state index in [2.05, 4.69) is 35.2 Å². The third-order valence-electron chi connectivity index (χ3n) is 5.36. The van der Waals surface area contributed by atoms with Crippen molar-refractivity contribution in [2.45, 2.75) is 72.8 Å². The van der Waals surface area contributed by atoms with Crippen LogP contribution in [0.25, 0.3) is 0 Å². The Balaban J connectivity index is 1.60. The summed E-state index contributed by atoms with van der Waals surface area (Å²) in [5.74, 6) is -0.0494. The van der Waals surface area contributed by atoms with Crippen molar-refractivity contribution in [2.24, 2.45) is 0 Å². The molecule has 2 aliphatic rings. The molecule has 0 aromatic heterocycles. The first-order valence-electron chi connectivity index (χ1n) is 9.32. The average molecular weight is 581 g/mol. The number of hydrogen-bond donors (Lipinski definition) is 0. The van der Waals surface area contributed by atoms with Crippen LogP contribution in [0.5, 0.6) is 0 Å². The average Bonchev–Trinajstić information content (AvgIpc) is 2.60. The summed E-state index contributed by atoms with van der Waals surface area (Å²) in [6.07, 6.45) is 8.23. The number of piperidine rings is 2. The number of hydrogen-bond acceptors (Lipinski definition) is 3. The molecule has 2 saturated heterocycles. The molecule has 0 bridgehead atoms. The zero-order valence-corrected chi connectivity index (χ0v) is 21.9. The van der Waals surface area contributed by atoms with Gasteiger partial charge in [-0.25, -0.2) is 0 Å². The molecule has 128 valence electrons. The molecule has 0 saturated carbocycles. The molecule has 2 fully saturated rings. The van der Waals surface area contributed by atoms with Gasteiger partial charge in [-0.05, 0) is 0 Å². The first-order valence-corrected chi connectivity index (χ1v) is 17.5. The maximum absolute atomic E-state index is 11.1. The van der Waals surface area contributed by atoms with Crippen LogP contribution >= 0.6 is 0 Å². The summed E-state index contributed by atoms with van der Waals surface area (Å²) < 4.78 is 8.20. The molecule has 3 atom stereocenters. The predicted molar refractivity (Wildman–Crippen MR) is 94.1 cm³/mol. The predicted octanol–water partition coefficient (Wildman–Crippen LogP) is 3.19. The molecule has 0 radical (unpaired) electrons. The van der Waals surface area contributed by atoms with E-state index in [0.29, 0.717) is 21.0 Å². The van der Waals surface area contributed by atoms with E-state index in [9.17, 15) is 4.79 Å². The monoisotopic (exact) mass is 583 g/mol. The third-order valence-corrected chi connectivity index (χ3v) is 13.7. The molecule has 3 nitrogen and oxygen atoms in total. The first kappa shape index (κ1) is 18.9. The fraction of sp³-hybridized carbons (Fsp3) is 0.632. The van der Waals surface area contributed by atoms with Gasteiger partial charge >= 0.3 is 166 Å². The Hall–Kier alpha value is 0.105. The second-order valence-electron chi connectivity index (χ2n) is 7.02. The molecular formula is C19H27HgNO2Se. The Morgan fingerprint density at radius 1 is 1.17 bits per heavy atom. The van der Waals surface area contributed by atoms with Crippen LogP contribution in [0.3, 0.4) is 0 Å². The molecule has 0 aliphatic carbocycles. The van der Waals surface area contributed by atoms with Crippen LogP contribution in [0.2, 0.25) is 9.25 Å². The number of carbonyl (C=O) groups excluding carboxylic acids is 1. The van der Waals surface area contributed by atoms with Crippen LogP contribution in [-0.2, 0) is 32.5 Å². The maximum atomic E-state index is 11.1. The molecule has 1 aromatic carbocycles. The second-order valence-corrected chi connectivity index (χ2v) is 14.3. The van der Waals surface area contributed by atoms with Gasteiger partial charge in [0, 0.05) is 0 Å². The van der Waals surface area contributed by atoms with E-state index >= 15 is 0 Å². The minimum absolute atomic E-state index is 0.0494. The zero-order chi connectivity index (χ0) is 16.8. The van der Waals surface area contributed by atoms with Gasteiger partial charge in [0.1, 0.15) is 0 Å². The Bertz CT molecular complexity index is 525. The Morgan fingerprint density at radius 3 is 2.58 bits per heavy atom. The molecule has 0 amide bonds. The molecule has 0 unspecified atom stereocenters. The van der Waals surface area contributed by atoms with Gasteiger partial charge in [0.05, 0.1) is 0 Å². The van der Waals surface area contributed by atoms with Crippen molar-refractivity contribution in [3.63, 3.8) is 0 Å². The Kier molecular flexibility index (Phi) is 7.64. The molecule has 5 heteroatoms. The van der Waals surface area contributed by atoms with Gasteiger partial charge in [-0.2, -0.15) is 0 Å². The van der Waals surface area contributed by atoms with Crippen molar-refractivity contribution in [2.75, 3.05) is 0 Å². The van der Waals surface area contributed by atoms with Crippen molar-refractivity contribution in [3.05, 3.63) is 30.3 Å². The van der Waals surface area contributed by atoms with Gasteiger partial charge in [0.2, 0.25) is 0 Å². The van der Waals surface area contributed by atoms with Crippen LogP contribution < -0.4 is 4.46 Å². The number of carbonyl (C=O) groups is 1. The van der Waals surface area contributed by atoms with Crippen molar-refractivity contribution in [1.29, 1.82) is 0 Å². The number of fused-ring (bicyclic) bond motifs is 1. The zero-order valence-electron chi connectivity index (χ0n) is 14.7. The van der Waals surface area contributed by atoms with Crippen molar-refractivity contribution >= 4 is 25.4 Å². The van der Waals surface area contributed by atoms with E-state index < -0.39 is 25.0 Å². The van der Waals surface area contributed by atoms with Gasteiger partial charge in [0.25, 0.3) is 0 Å². The van der Waals surface area contributed by atoms with E-state index in [4.69, 9.17) is 2.64 Å². The fourth-order valence-electron chi connectivity index (χ4n) is 4.32. The van der Waals surface area contributed by atoms with Gasteiger partial charge < -0.3 is 0 Å². The van der Waals surface area contributed by atoms with E-state index in [1.165, 1.54) is 52.2 Å². The van der Waals surface area contributed by atoms with Crippen LogP contribution in [-0.4, -0.2) is 44.0 Å². The van der Waals surface area contributed by atoms with Gasteiger partial charge in [0.15, 0.2) is 0 Å². The second kappa shape index (κ2) is 9.71. The third kappa shape index (κ3) is 5.30. The van der Waals surface area contributed by atoms with E-state index in [1.54, 1.807) is 6.92 Å². The topological polar surface area (TPSA) is 29.5 Å². The van der Waals surface area contributed by atoms with E-state index in [-0.39, 0.29) is 5.97 Å². The Labute approximate surface area is 165 Å². The van der Waals surface area contributed by atoms with E-state index in [1.807, 2.05) is 0 Å². The van der Waals surface area contributed by atoms with Crippen LogP contribution in [0.1, 0.15) is 45.4 Å². The fourth-order valence-corrected chi connectivity index (χ4v) is 11.5. The summed E-state index contributed by atoms with van der Waals surface area (Å²) in [7, 11) is 0. The quantitative estimate of drug-likeness (QED) is 0.484. The number of benzene rings is 1. The van der Waals surface area contributed by atoms with Crippen LogP contribution in [0.4, 0.5) is 0 Å². The SMILES string of the molecule is CC(=O)[O][Hg][CH2][C@@H]1CCC[C@H]2CCC[C@@H](C[Se]c3ccccc3)N21. The van der Waals surface area contributed by atoms with Gasteiger partial charge in [-0.1, -0.05) is 0 Å². The minimum atomic E-state index is -1.47. The van der Waals surface area contributed by atoms with Crippen molar-refractivity contribution < 1.29 is 32.5 Å². The van der Waals surface area contributed by atoms with Crippen molar-refractivity contribution in [3.8, 4) is 0 Å². The number of nitrogens with zero attached hydrogens (tertiary/aromatic N) is 1. The summed E-state index contributed by atoms with van der Waals surface area (Å²) in [6, 6.07) is 13.3. The summed E-state index contributed by atoms with van der Waals surface area (Å²) in [4.78, 5) is 14.0. The molecule has 0 N–H and O–H groups in total. The number of rotatable bonds is 6. The van der Waals surface area contributed by atoms with Crippen LogP contribution in [0, 0.1) is 0 Å². The van der Waals surface area contributed by atoms with Crippen molar-refractivity contribution in [1.82, 2.24) is 4.90 Å². The normalized spacial score (nSPS) is 27.1. The molecule has 1 aromatic rings. The molecular weight excluding hydrogens is 554 g/mol. The molecule has 2 aliphatic heterocycles. The molecule has 0 spiro atoms. The summed E-state index contributed by atoms with van der Waals surface area (Å²) in [5, 5.41) is 1.34. The van der Waals surface area contributed by atoms with Gasteiger partial charge in [-0.15, -0.1) is 0 Å². The molecule has 2 heterocycles. The molecule has 3 rings (SSSR count). The van der Waals surface area contributed by atoms with E-state index in [0.717, 1.165) is 12.1 Å². The summed E-state index contributed by atoms with van der Waals surface area (Å²) >= 11 is -0.893. The van der Waals surface area contributed by atoms with Crippen LogP contribution in [0.15, 0.2) is 30.3 Å². The summed E-state index contributed by atoms with van der Waals surface area (Å²) in [6.45, 7) is 1.57. The standard InChI is InChI=1S/C17H24NSe.C2H4O2.Hg/c1-14-7-5-8-15-9-6-10-16(18(14)15)13-19-17-11-3-2-4-12-17;1-2(3)4;/h2-4,11-12,14-16H,1,5-10,13H2;1H3,(H,3,4);/q;;+1/p-1/t14-,15+,16+;;/m1../s1. The van der Waals surface area contributed by atoms with Gasteiger partial charge in [-0.3, -0.25) is 0 Å². The first-order chi connectivity index (χ1) is 11.7. The summed E-state index contributed by atoms with van der Waals surface area (Å²) in [5.41, 5.74) is 0.